The number of nitrogens with one attached hydrogen (secondary N) is 2. The van der Waals surface area contributed by atoms with Crippen LogP contribution >= 0.6 is 0 Å². The molecular formula is C21H14N4O5S. The molecule has 2 N–H and O–H groups in total. The minimum Gasteiger partial charge on any atom is -0.423 e. The van der Waals surface area contributed by atoms with Crippen LogP contribution in [-0.2, 0) is 10.0 Å². The molecule has 5 rings (SSSR count). The van der Waals surface area contributed by atoms with Crippen LogP contribution in [0.2, 0.25) is 0 Å². The number of benzene rings is 3. The van der Waals surface area contributed by atoms with Crippen LogP contribution in [0.1, 0.15) is 0 Å². The number of para-hydroxylation sites is 3. The average molecular weight is 434 g/mol. The van der Waals surface area contributed by atoms with Gasteiger partial charge in [0.05, 0.1) is 21.5 Å². The van der Waals surface area contributed by atoms with E-state index in [0.717, 1.165) is 4.57 Å². The molecular weight excluding hydrogens is 420 g/mol. The Kier molecular flexibility index (Phi) is 4.22. The van der Waals surface area contributed by atoms with E-state index in [1.54, 1.807) is 48.5 Å². The Hall–Kier alpha value is -4.18. The fourth-order valence-corrected chi connectivity index (χ4v) is 4.19. The van der Waals surface area contributed by atoms with Gasteiger partial charge in [0.2, 0.25) is 0 Å². The number of aromatic amines is 1. The monoisotopic (exact) mass is 434 g/mol. The molecule has 0 spiro atoms. The van der Waals surface area contributed by atoms with Crippen LogP contribution in [0.25, 0.3) is 27.7 Å². The van der Waals surface area contributed by atoms with Crippen molar-refractivity contribution in [3.8, 4) is 5.69 Å². The van der Waals surface area contributed by atoms with Gasteiger partial charge < -0.3 is 9.40 Å². The van der Waals surface area contributed by atoms with Crippen LogP contribution in [0.3, 0.4) is 0 Å². The van der Waals surface area contributed by atoms with Crippen LogP contribution < -0.4 is 16.0 Å². The average Bonchev–Trinajstić information content (AvgIpc) is 3.15. The molecule has 2 heterocycles. The predicted octanol–water partition coefficient (Wildman–Crippen LogP) is 2.62. The van der Waals surface area contributed by atoms with Crippen molar-refractivity contribution in [2.75, 3.05) is 4.72 Å². The Morgan fingerprint density at radius 3 is 2.39 bits per heavy atom. The summed E-state index contributed by atoms with van der Waals surface area (Å²) in [6, 6.07) is 18.7. The zero-order valence-electron chi connectivity index (χ0n) is 15.8. The number of aromatic nitrogens is 3. The molecule has 0 aliphatic rings. The fourth-order valence-electron chi connectivity index (χ4n) is 3.26. The molecule has 0 amide bonds. The van der Waals surface area contributed by atoms with Gasteiger partial charge in [0.25, 0.3) is 15.6 Å². The number of oxazole rings is 1. The number of nitrogens with zero attached hydrogens (tertiary/aromatic N) is 2. The first-order chi connectivity index (χ1) is 14.9. The van der Waals surface area contributed by atoms with Gasteiger partial charge in [0.15, 0.2) is 5.58 Å². The molecule has 0 aliphatic carbocycles. The van der Waals surface area contributed by atoms with Crippen LogP contribution in [0.5, 0.6) is 0 Å². The van der Waals surface area contributed by atoms with Crippen molar-refractivity contribution < 1.29 is 12.8 Å². The van der Waals surface area contributed by atoms with E-state index in [9.17, 15) is 18.0 Å². The summed E-state index contributed by atoms with van der Waals surface area (Å²) in [7, 11) is -3.99. The molecule has 154 valence electrons. The van der Waals surface area contributed by atoms with Gasteiger partial charge in [-0.05, 0) is 48.5 Å². The first kappa shape index (κ1) is 18.8. The first-order valence-electron chi connectivity index (χ1n) is 9.15. The van der Waals surface area contributed by atoms with Gasteiger partial charge in [-0.25, -0.2) is 22.5 Å². The van der Waals surface area contributed by atoms with Crippen LogP contribution in [-0.4, -0.2) is 23.0 Å². The molecule has 3 aromatic carbocycles. The molecule has 0 bridgehead atoms. The molecule has 0 fully saturated rings. The molecule has 0 atom stereocenters. The minimum absolute atomic E-state index is 0.0798. The standard InChI is InChI=1S/C21H14N4O5S/c26-19-15-5-1-2-6-16(15)23-21(27)25(19)13-9-11-14(12-10-13)31(28,29)24-20-22-17-7-3-4-8-18(17)30-20/h1-12H,(H,22,24)(H,23,27). The highest BCUT2D eigenvalue weighted by molar-refractivity contribution is 7.92. The lowest BCUT2D eigenvalue weighted by Gasteiger charge is -2.08. The van der Waals surface area contributed by atoms with Crippen molar-refractivity contribution in [3.63, 3.8) is 0 Å². The van der Waals surface area contributed by atoms with Gasteiger partial charge in [-0.15, -0.1) is 0 Å². The lowest BCUT2D eigenvalue weighted by molar-refractivity contribution is 0.591. The van der Waals surface area contributed by atoms with E-state index in [1.165, 1.54) is 24.3 Å². The normalized spacial score (nSPS) is 11.7. The van der Waals surface area contributed by atoms with E-state index in [0.29, 0.717) is 22.0 Å². The van der Waals surface area contributed by atoms with Gasteiger partial charge in [-0.2, -0.15) is 4.98 Å². The third-order valence-electron chi connectivity index (χ3n) is 4.73. The van der Waals surface area contributed by atoms with E-state index in [2.05, 4.69) is 14.7 Å². The highest BCUT2D eigenvalue weighted by atomic mass is 32.2. The van der Waals surface area contributed by atoms with E-state index >= 15 is 0 Å². The molecule has 10 heteroatoms. The fraction of sp³-hybridized carbons (Fsp3) is 0. The highest BCUT2D eigenvalue weighted by Crippen LogP contribution is 2.21. The van der Waals surface area contributed by atoms with Crippen LogP contribution in [0.4, 0.5) is 6.01 Å². The molecule has 9 nitrogen and oxygen atoms in total. The second-order valence-corrected chi connectivity index (χ2v) is 8.38. The zero-order valence-corrected chi connectivity index (χ0v) is 16.6. The van der Waals surface area contributed by atoms with Crippen molar-refractivity contribution in [1.82, 2.24) is 14.5 Å². The van der Waals surface area contributed by atoms with Gasteiger partial charge in [-0.3, -0.25) is 4.79 Å². The summed E-state index contributed by atoms with van der Waals surface area (Å²) in [5, 5.41) is 0.344. The second-order valence-electron chi connectivity index (χ2n) is 6.70. The van der Waals surface area contributed by atoms with Gasteiger partial charge in [0.1, 0.15) is 5.52 Å². The molecule has 0 radical (unpaired) electrons. The summed E-state index contributed by atoms with van der Waals surface area (Å²) < 4.78 is 34.0. The quantitative estimate of drug-likeness (QED) is 0.448. The molecule has 2 aromatic heterocycles. The number of hydrogen-bond donors (Lipinski definition) is 2. The summed E-state index contributed by atoms with van der Waals surface area (Å²) in [6.07, 6.45) is 0. The number of rotatable bonds is 4. The Labute approximate surface area is 174 Å². The maximum absolute atomic E-state index is 12.7. The Balaban J connectivity index is 1.50. The SMILES string of the molecule is O=c1[nH]c2ccccc2c(=O)n1-c1ccc(S(=O)(=O)Nc2nc3ccccc3o2)cc1. The van der Waals surface area contributed by atoms with Crippen molar-refractivity contribution in [3.05, 3.63) is 93.6 Å². The second kappa shape index (κ2) is 6.96. The maximum atomic E-state index is 12.7. The topological polar surface area (TPSA) is 127 Å². The molecule has 5 aromatic rings. The van der Waals surface area contributed by atoms with Gasteiger partial charge in [-0.1, -0.05) is 24.3 Å². The largest absolute Gasteiger partial charge is 0.423 e. The Morgan fingerprint density at radius 1 is 0.903 bits per heavy atom. The summed E-state index contributed by atoms with van der Waals surface area (Å²) in [4.78, 5) is 31.8. The van der Waals surface area contributed by atoms with Gasteiger partial charge >= 0.3 is 11.7 Å². The molecule has 0 unspecified atom stereocenters. The van der Waals surface area contributed by atoms with E-state index in [4.69, 9.17) is 4.42 Å². The summed E-state index contributed by atoms with van der Waals surface area (Å²) in [5.74, 6) is 0. The number of hydrogen-bond acceptors (Lipinski definition) is 6. The molecule has 0 aliphatic heterocycles. The van der Waals surface area contributed by atoms with Crippen molar-refractivity contribution in [1.29, 1.82) is 0 Å². The van der Waals surface area contributed by atoms with E-state index in [1.807, 2.05) is 0 Å². The number of sulfonamides is 1. The number of fused-ring (bicyclic) bond motifs is 2. The third kappa shape index (κ3) is 3.28. The number of anilines is 1. The predicted molar refractivity (Wildman–Crippen MR) is 115 cm³/mol. The highest BCUT2D eigenvalue weighted by Gasteiger charge is 2.18. The van der Waals surface area contributed by atoms with E-state index < -0.39 is 21.3 Å². The lowest BCUT2D eigenvalue weighted by atomic mass is 10.2. The van der Waals surface area contributed by atoms with Crippen molar-refractivity contribution >= 4 is 38.0 Å². The van der Waals surface area contributed by atoms with Crippen LogP contribution in [0.15, 0.2) is 91.7 Å². The summed E-state index contributed by atoms with van der Waals surface area (Å²) in [6.45, 7) is 0. The molecule has 0 saturated carbocycles. The molecule has 0 saturated heterocycles. The smallest absolute Gasteiger partial charge is 0.333 e. The summed E-state index contributed by atoms with van der Waals surface area (Å²) in [5.41, 5.74) is 0.507. The third-order valence-corrected chi connectivity index (χ3v) is 6.06. The zero-order chi connectivity index (χ0) is 21.6. The van der Waals surface area contributed by atoms with Crippen molar-refractivity contribution in [2.45, 2.75) is 4.90 Å². The van der Waals surface area contributed by atoms with E-state index in [-0.39, 0.29) is 16.6 Å². The Bertz CT molecular complexity index is 1630. The van der Waals surface area contributed by atoms with Crippen LogP contribution in [0, 0.1) is 0 Å². The Morgan fingerprint density at radius 2 is 1.61 bits per heavy atom. The van der Waals surface area contributed by atoms with Gasteiger partial charge in [0, 0.05) is 0 Å². The molecule has 31 heavy (non-hydrogen) atoms. The first-order valence-corrected chi connectivity index (χ1v) is 10.6. The summed E-state index contributed by atoms with van der Waals surface area (Å²) >= 11 is 0. The van der Waals surface area contributed by atoms with Crippen molar-refractivity contribution in [2.24, 2.45) is 0 Å². The maximum Gasteiger partial charge on any atom is 0.333 e. The number of H-pyrrole nitrogens is 1. The lowest BCUT2D eigenvalue weighted by Crippen LogP contribution is -2.33. The minimum atomic E-state index is -3.99.